The molecule has 5 nitrogen and oxygen atoms in total. The first kappa shape index (κ1) is 14.2. The zero-order chi connectivity index (χ0) is 14.5. The number of hydrogen-bond donors (Lipinski definition) is 1. The average Bonchev–Trinajstić information content (AvgIpc) is 2.46. The van der Waals surface area contributed by atoms with E-state index in [1.165, 1.54) is 18.3 Å². The van der Waals surface area contributed by atoms with Gasteiger partial charge < -0.3 is 5.11 Å². The number of hydrogen-bond acceptors (Lipinski definition) is 4. The minimum Gasteiger partial charge on any atom is -0.392 e. The molecule has 6 heteroatoms. The highest BCUT2D eigenvalue weighted by Crippen LogP contribution is 2.24. The van der Waals surface area contributed by atoms with Crippen LogP contribution in [0.15, 0.2) is 47.5 Å². The molecular weight excluding hydrogens is 280 g/mol. The molecule has 0 aliphatic heterocycles. The third-order valence-corrected chi connectivity index (χ3v) is 2.94. The number of nitro benzene ring substituents is 1. The Hall–Kier alpha value is -2.24. The minimum absolute atomic E-state index is 0.0597. The molecule has 0 atom stereocenters. The van der Waals surface area contributed by atoms with Crippen molar-refractivity contribution in [2.45, 2.75) is 6.61 Å². The third kappa shape index (κ3) is 3.40. The zero-order valence-corrected chi connectivity index (χ0v) is 11.1. The van der Waals surface area contributed by atoms with E-state index in [0.717, 1.165) is 5.56 Å². The fourth-order valence-corrected chi connectivity index (χ4v) is 1.82. The molecule has 20 heavy (non-hydrogen) atoms. The number of nitro groups is 1. The van der Waals surface area contributed by atoms with Crippen LogP contribution in [0.5, 0.6) is 0 Å². The molecule has 0 saturated heterocycles. The lowest BCUT2D eigenvalue weighted by molar-refractivity contribution is -0.384. The van der Waals surface area contributed by atoms with Gasteiger partial charge in [-0.3, -0.25) is 15.1 Å². The smallest absolute Gasteiger partial charge is 0.288 e. The third-order valence-electron chi connectivity index (χ3n) is 2.62. The van der Waals surface area contributed by atoms with E-state index in [9.17, 15) is 10.1 Å². The van der Waals surface area contributed by atoms with Crippen molar-refractivity contribution >= 4 is 29.2 Å². The standard InChI is InChI=1S/C14H11ClN2O3/c15-13-5-4-10(7-14(13)17(19)20)8-16-12-3-1-2-11(6-12)9-18/h1-8,18H,9H2. The van der Waals surface area contributed by atoms with E-state index >= 15 is 0 Å². The topological polar surface area (TPSA) is 75.7 Å². The molecule has 0 aromatic heterocycles. The van der Waals surface area contributed by atoms with Crippen LogP contribution >= 0.6 is 11.6 Å². The van der Waals surface area contributed by atoms with E-state index in [1.54, 1.807) is 30.3 Å². The number of aliphatic hydroxyl groups excluding tert-OH is 1. The molecular formula is C14H11ClN2O3. The van der Waals surface area contributed by atoms with E-state index in [1.807, 2.05) is 0 Å². The Bertz CT molecular complexity index is 671. The van der Waals surface area contributed by atoms with Crippen LogP contribution in [0.3, 0.4) is 0 Å². The maximum Gasteiger partial charge on any atom is 0.288 e. The predicted molar refractivity (Wildman–Crippen MR) is 77.7 cm³/mol. The molecule has 0 spiro atoms. The lowest BCUT2D eigenvalue weighted by Crippen LogP contribution is -1.91. The molecule has 2 aromatic carbocycles. The van der Waals surface area contributed by atoms with Gasteiger partial charge in [-0.2, -0.15) is 0 Å². The summed E-state index contributed by atoms with van der Waals surface area (Å²) in [5, 5.41) is 19.9. The summed E-state index contributed by atoms with van der Waals surface area (Å²) in [7, 11) is 0. The summed E-state index contributed by atoms with van der Waals surface area (Å²) in [4.78, 5) is 14.5. The molecule has 0 saturated carbocycles. The monoisotopic (exact) mass is 290 g/mol. The molecule has 0 unspecified atom stereocenters. The summed E-state index contributed by atoms with van der Waals surface area (Å²) in [6.07, 6.45) is 1.51. The molecule has 2 rings (SSSR count). The van der Waals surface area contributed by atoms with Gasteiger partial charge in [-0.15, -0.1) is 0 Å². The molecule has 0 fully saturated rings. The first-order chi connectivity index (χ1) is 9.60. The second-order valence-electron chi connectivity index (χ2n) is 4.05. The molecule has 0 amide bonds. The fourth-order valence-electron chi connectivity index (χ4n) is 1.63. The second kappa shape index (κ2) is 6.27. The summed E-state index contributed by atoms with van der Waals surface area (Å²) in [5.74, 6) is 0. The van der Waals surface area contributed by atoms with Crippen molar-refractivity contribution in [1.29, 1.82) is 0 Å². The van der Waals surface area contributed by atoms with Gasteiger partial charge in [-0.1, -0.05) is 29.8 Å². The van der Waals surface area contributed by atoms with Crippen molar-refractivity contribution < 1.29 is 10.0 Å². The van der Waals surface area contributed by atoms with E-state index < -0.39 is 4.92 Å². The van der Waals surface area contributed by atoms with Gasteiger partial charge in [0.05, 0.1) is 17.2 Å². The Morgan fingerprint density at radius 2 is 2.10 bits per heavy atom. The molecule has 0 aliphatic carbocycles. The highest BCUT2D eigenvalue weighted by atomic mass is 35.5. The van der Waals surface area contributed by atoms with Crippen LogP contribution in [-0.2, 0) is 6.61 Å². The van der Waals surface area contributed by atoms with Crippen LogP contribution < -0.4 is 0 Å². The van der Waals surface area contributed by atoms with Crippen LogP contribution in [0.2, 0.25) is 5.02 Å². The van der Waals surface area contributed by atoms with Gasteiger partial charge in [0.25, 0.3) is 5.69 Å². The van der Waals surface area contributed by atoms with Crippen LogP contribution in [0.1, 0.15) is 11.1 Å². The highest BCUT2D eigenvalue weighted by molar-refractivity contribution is 6.32. The first-order valence-electron chi connectivity index (χ1n) is 5.78. The maximum atomic E-state index is 10.8. The molecule has 0 heterocycles. The van der Waals surface area contributed by atoms with Gasteiger partial charge in [0.15, 0.2) is 0 Å². The summed E-state index contributed by atoms with van der Waals surface area (Å²) < 4.78 is 0. The predicted octanol–water partition coefficient (Wildman–Crippen LogP) is 3.49. The van der Waals surface area contributed by atoms with Crippen molar-refractivity contribution in [3.05, 3.63) is 68.7 Å². The summed E-state index contributed by atoms with van der Waals surface area (Å²) in [6, 6.07) is 11.6. The number of halogens is 1. The first-order valence-corrected chi connectivity index (χ1v) is 6.16. The number of benzene rings is 2. The molecule has 0 radical (unpaired) electrons. The van der Waals surface area contributed by atoms with Crippen molar-refractivity contribution in [2.75, 3.05) is 0 Å². The van der Waals surface area contributed by atoms with Crippen molar-refractivity contribution in [3.8, 4) is 0 Å². The Labute approximate surface area is 120 Å². The molecule has 0 aliphatic rings. The Balaban J connectivity index is 2.27. The number of rotatable bonds is 4. The Morgan fingerprint density at radius 3 is 2.80 bits per heavy atom. The van der Waals surface area contributed by atoms with Crippen LogP contribution in [0, 0.1) is 10.1 Å². The quantitative estimate of drug-likeness (QED) is 0.532. The van der Waals surface area contributed by atoms with Crippen molar-refractivity contribution in [2.24, 2.45) is 4.99 Å². The lowest BCUT2D eigenvalue weighted by Gasteiger charge is -1.99. The van der Waals surface area contributed by atoms with Crippen LogP contribution in [0.25, 0.3) is 0 Å². The van der Waals surface area contributed by atoms with Crippen LogP contribution in [0.4, 0.5) is 11.4 Å². The van der Waals surface area contributed by atoms with E-state index in [4.69, 9.17) is 16.7 Å². The summed E-state index contributed by atoms with van der Waals surface area (Å²) in [5.41, 5.74) is 1.84. The Kier molecular flexibility index (Phi) is 4.45. The average molecular weight is 291 g/mol. The van der Waals surface area contributed by atoms with E-state index in [-0.39, 0.29) is 17.3 Å². The minimum atomic E-state index is -0.536. The van der Waals surface area contributed by atoms with E-state index in [2.05, 4.69) is 4.99 Å². The van der Waals surface area contributed by atoms with Gasteiger partial charge in [0, 0.05) is 12.3 Å². The normalized spacial score (nSPS) is 10.9. The van der Waals surface area contributed by atoms with Gasteiger partial charge in [0.2, 0.25) is 0 Å². The SMILES string of the molecule is O=[N+]([O-])c1cc(C=Nc2cccc(CO)c2)ccc1Cl. The molecule has 102 valence electrons. The number of aliphatic hydroxyl groups is 1. The van der Waals surface area contributed by atoms with Crippen LogP contribution in [-0.4, -0.2) is 16.2 Å². The summed E-state index contributed by atoms with van der Waals surface area (Å²) in [6.45, 7) is -0.0597. The second-order valence-corrected chi connectivity index (χ2v) is 4.46. The lowest BCUT2D eigenvalue weighted by atomic mass is 10.2. The molecule has 1 N–H and O–H groups in total. The molecule has 0 bridgehead atoms. The fraction of sp³-hybridized carbons (Fsp3) is 0.0714. The maximum absolute atomic E-state index is 10.8. The number of aliphatic imine (C=N–C) groups is 1. The zero-order valence-electron chi connectivity index (χ0n) is 10.4. The van der Waals surface area contributed by atoms with Crippen molar-refractivity contribution in [3.63, 3.8) is 0 Å². The number of nitrogens with zero attached hydrogens (tertiary/aromatic N) is 2. The van der Waals surface area contributed by atoms with Gasteiger partial charge in [0.1, 0.15) is 5.02 Å². The van der Waals surface area contributed by atoms with Gasteiger partial charge >= 0.3 is 0 Å². The van der Waals surface area contributed by atoms with E-state index in [0.29, 0.717) is 11.3 Å². The van der Waals surface area contributed by atoms with Gasteiger partial charge in [-0.25, -0.2) is 0 Å². The van der Waals surface area contributed by atoms with Gasteiger partial charge in [-0.05, 0) is 29.3 Å². The highest BCUT2D eigenvalue weighted by Gasteiger charge is 2.11. The van der Waals surface area contributed by atoms with Crippen molar-refractivity contribution in [1.82, 2.24) is 0 Å². The Morgan fingerprint density at radius 1 is 1.30 bits per heavy atom. The summed E-state index contributed by atoms with van der Waals surface area (Å²) >= 11 is 5.73. The largest absolute Gasteiger partial charge is 0.392 e. The molecule has 2 aromatic rings.